The minimum Gasteiger partial charge on any atom is -0.383 e. The third-order valence-corrected chi connectivity index (χ3v) is 3.47. The quantitative estimate of drug-likeness (QED) is 0.878. The maximum Gasteiger partial charge on any atom is 0.0637 e. The van der Waals surface area contributed by atoms with Crippen LogP contribution < -0.4 is 10.6 Å². The van der Waals surface area contributed by atoms with Crippen molar-refractivity contribution < 1.29 is 4.74 Å². The third-order valence-electron chi connectivity index (χ3n) is 2.79. The van der Waals surface area contributed by atoms with Crippen LogP contribution in [0.5, 0.6) is 0 Å². The van der Waals surface area contributed by atoms with Gasteiger partial charge in [-0.05, 0) is 31.5 Å². The molecule has 0 amide bonds. The number of benzene rings is 1. The first kappa shape index (κ1) is 14.5. The van der Waals surface area contributed by atoms with Crippen molar-refractivity contribution in [2.45, 2.75) is 19.9 Å². The number of halogens is 1. The Bertz CT molecular complexity index is 355. The van der Waals surface area contributed by atoms with E-state index in [0.717, 1.165) is 29.7 Å². The summed E-state index contributed by atoms with van der Waals surface area (Å²) in [5.41, 5.74) is 8.22. The fourth-order valence-electron chi connectivity index (χ4n) is 1.75. The van der Waals surface area contributed by atoms with E-state index < -0.39 is 0 Å². The van der Waals surface area contributed by atoms with Crippen LogP contribution in [-0.2, 0) is 4.74 Å². The average Bonchev–Trinajstić information content (AvgIpc) is 2.29. The molecule has 2 N–H and O–H groups in total. The zero-order valence-electron chi connectivity index (χ0n) is 10.7. The van der Waals surface area contributed by atoms with Gasteiger partial charge >= 0.3 is 0 Å². The number of nitrogens with two attached hydrogens (primary N) is 1. The fourth-order valence-corrected chi connectivity index (χ4v) is 2.48. The van der Waals surface area contributed by atoms with Crippen molar-refractivity contribution in [1.29, 1.82) is 0 Å². The van der Waals surface area contributed by atoms with Crippen LogP contribution in [0.4, 0.5) is 5.69 Å². The van der Waals surface area contributed by atoms with Gasteiger partial charge in [0.05, 0.1) is 6.61 Å². The van der Waals surface area contributed by atoms with E-state index in [1.54, 1.807) is 7.11 Å². The Morgan fingerprint density at radius 1 is 1.47 bits per heavy atom. The fraction of sp³-hybridized carbons (Fsp3) is 0.538. The highest BCUT2D eigenvalue weighted by atomic mass is 79.9. The van der Waals surface area contributed by atoms with E-state index >= 15 is 0 Å². The Hall–Kier alpha value is -0.580. The first-order chi connectivity index (χ1) is 8.10. The second-order valence-electron chi connectivity index (χ2n) is 4.07. The lowest BCUT2D eigenvalue weighted by Crippen LogP contribution is -2.26. The number of likely N-dealkylation sites (N-methyl/N-ethyl adjacent to an activating group) is 1. The molecule has 4 heteroatoms. The van der Waals surface area contributed by atoms with Crippen LogP contribution in [-0.4, -0.2) is 26.8 Å². The van der Waals surface area contributed by atoms with Gasteiger partial charge in [0.15, 0.2) is 0 Å². The molecule has 1 rings (SSSR count). The van der Waals surface area contributed by atoms with E-state index in [9.17, 15) is 0 Å². The predicted molar refractivity (Wildman–Crippen MR) is 76.5 cm³/mol. The van der Waals surface area contributed by atoms with Crippen molar-refractivity contribution in [2.24, 2.45) is 5.73 Å². The van der Waals surface area contributed by atoms with Crippen LogP contribution in [0.15, 0.2) is 22.7 Å². The molecule has 0 bridgehead atoms. The SMILES string of the molecule is CCN(CCOC)c1ccc(C(C)N)c(Br)c1. The van der Waals surface area contributed by atoms with Crippen LogP contribution in [0.25, 0.3) is 0 Å². The molecule has 1 aromatic carbocycles. The molecule has 0 spiro atoms. The Balaban J connectivity index is 2.86. The maximum absolute atomic E-state index is 5.89. The molecule has 1 atom stereocenters. The molecule has 0 aromatic heterocycles. The zero-order valence-corrected chi connectivity index (χ0v) is 12.3. The molecule has 1 unspecified atom stereocenters. The highest BCUT2D eigenvalue weighted by molar-refractivity contribution is 9.10. The van der Waals surface area contributed by atoms with Gasteiger partial charge < -0.3 is 15.4 Å². The summed E-state index contributed by atoms with van der Waals surface area (Å²) in [5, 5.41) is 0. The van der Waals surface area contributed by atoms with Gasteiger partial charge in [-0.25, -0.2) is 0 Å². The molecule has 0 saturated carbocycles. The number of methoxy groups -OCH3 is 1. The predicted octanol–water partition coefficient (Wildman–Crippen LogP) is 2.94. The van der Waals surface area contributed by atoms with E-state index in [4.69, 9.17) is 10.5 Å². The standard InChI is InChI=1S/C13H21BrN2O/c1-4-16(7-8-17-3)11-5-6-12(10(2)15)13(14)9-11/h5-6,9-10H,4,7-8,15H2,1-3H3. The van der Waals surface area contributed by atoms with Crippen LogP contribution in [0.3, 0.4) is 0 Å². The van der Waals surface area contributed by atoms with Crippen molar-refractivity contribution in [2.75, 3.05) is 31.7 Å². The number of hydrogen-bond donors (Lipinski definition) is 1. The minimum absolute atomic E-state index is 0.0486. The van der Waals surface area contributed by atoms with Gasteiger partial charge in [-0.15, -0.1) is 0 Å². The molecular weight excluding hydrogens is 280 g/mol. The molecule has 1 aromatic rings. The van der Waals surface area contributed by atoms with Gasteiger partial charge in [-0.3, -0.25) is 0 Å². The average molecular weight is 301 g/mol. The van der Waals surface area contributed by atoms with Crippen LogP contribution >= 0.6 is 15.9 Å². The van der Waals surface area contributed by atoms with E-state index in [2.05, 4.69) is 46.0 Å². The number of nitrogens with zero attached hydrogens (tertiary/aromatic N) is 1. The molecule has 96 valence electrons. The number of ether oxygens (including phenoxy) is 1. The topological polar surface area (TPSA) is 38.5 Å². The van der Waals surface area contributed by atoms with Gasteiger partial charge in [-0.2, -0.15) is 0 Å². The molecule has 0 aliphatic heterocycles. The van der Waals surface area contributed by atoms with Crippen molar-refractivity contribution in [1.82, 2.24) is 0 Å². The Morgan fingerprint density at radius 3 is 2.65 bits per heavy atom. The molecule has 0 heterocycles. The highest BCUT2D eigenvalue weighted by Crippen LogP contribution is 2.27. The number of hydrogen-bond acceptors (Lipinski definition) is 3. The summed E-state index contributed by atoms with van der Waals surface area (Å²) in [6, 6.07) is 6.37. The summed E-state index contributed by atoms with van der Waals surface area (Å²) in [5.74, 6) is 0. The van der Waals surface area contributed by atoms with Gasteiger partial charge in [0, 0.05) is 36.4 Å². The first-order valence-electron chi connectivity index (χ1n) is 5.89. The molecule has 0 fully saturated rings. The summed E-state index contributed by atoms with van der Waals surface area (Å²) in [7, 11) is 1.73. The maximum atomic E-state index is 5.89. The van der Waals surface area contributed by atoms with Crippen molar-refractivity contribution in [3.8, 4) is 0 Å². The third kappa shape index (κ3) is 3.98. The van der Waals surface area contributed by atoms with Gasteiger partial charge in [0.1, 0.15) is 0 Å². The summed E-state index contributed by atoms with van der Waals surface area (Å²) in [4.78, 5) is 2.28. The van der Waals surface area contributed by atoms with E-state index in [0.29, 0.717) is 0 Å². The summed E-state index contributed by atoms with van der Waals surface area (Å²) < 4.78 is 6.18. The highest BCUT2D eigenvalue weighted by Gasteiger charge is 2.09. The largest absolute Gasteiger partial charge is 0.383 e. The molecule has 0 saturated heterocycles. The zero-order chi connectivity index (χ0) is 12.8. The molecule has 0 radical (unpaired) electrons. The Morgan fingerprint density at radius 2 is 2.18 bits per heavy atom. The van der Waals surface area contributed by atoms with Gasteiger partial charge in [-0.1, -0.05) is 22.0 Å². The van der Waals surface area contributed by atoms with Crippen molar-refractivity contribution in [3.63, 3.8) is 0 Å². The second kappa shape index (κ2) is 6.99. The lowest BCUT2D eigenvalue weighted by Gasteiger charge is -2.23. The lowest BCUT2D eigenvalue weighted by atomic mass is 10.1. The smallest absolute Gasteiger partial charge is 0.0637 e. The first-order valence-corrected chi connectivity index (χ1v) is 6.68. The van der Waals surface area contributed by atoms with Crippen LogP contribution in [0.1, 0.15) is 25.5 Å². The van der Waals surface area contributed by atoms with Crippen molar-refractivity contribution in [3.05, 3.63) is 28.2 Å². The second-order valence-corrected chi connectivity index (χ2v) is 4.92. The Kier molecular flexibility index (Phi) is 5.95. The molecule has 17 heavy (non-hydrogen) atoms. The lowest BCUT2D eigenvalue weighted by molar-refractivity contribution is 0.205. The van der Waals surface area contributed by atoms with Crippen LogP contribution in [0, 0.1) is 0 Å². The molecule has 0 aliphatic carbocycles. The summed E-state index contributed by atoms with van der Waals surface area (Å²) in [6.07, 6.45) is 0. The number of rotatable bonds is 6. The monoisotopic (exact) mass is 300 g/mol. The number of anilines is 1. The summed E-state index contributed by atoms with van der Waals surface area (Å²) in [6.45, 7) is 6.73. The van der Waals surface area contributed by atoms with Gasteiger partial charge in [0.2, 0.25) is 0 Å². The molecular formula is C13H21BrN2O. The minimum atomic E-state index is 0.0486. The normalized spacial score (nSPS) is 12.5. The molecule has 0 aliphatic rings. The molecule has 3 nitrogen and oxygen atoms in total. The van der Waals surface area contributed by atoms with Crippen LogP contribution in [0.2, 0.25) is 0 Å². The summed E-state index contributed by atoms with van der Waals surface area (Å²) >= 11 is 3.58. The van der Waals surface area contributed by atoms with E-state index in [1.807, 2.05) is 6.92 Å². The Labute approximate surface area is 112 Å². The van der Waals surface area contributed by atoms with E-state index in [1.165, 1.54) is 5.69 Å². The van der Waals surface area contributed by atoms with E-state index in [-0.39, 0.29) is 6.04 Å². The van der Waals surface area contributed by atoms with Gasteiger partial charge in [0.25, 0.3) is 0 Å². The van der Waals surface area contributed by atoms with Crippen molar-refractivity contribution >= 4 is 21.6 Å².